The first kappa shape index (κ1) is 14.2. The third kappa shape index (κ3) is 2.58. The lowest BCUT2D eigenvalue weighted by molar-refractivity contribution is 0.0703. The molecule has 6 nitrogen and oxygen atoms in total. The molecule has 2 aliphatic heterocycles. The Morgan fingerprint density at radius 1 is 1.39 bits per heavy atom. The molecule has 0 saturated carbocycles. The van der Waals surface area contributed by atoms with Gasteiger partial charge >= 0.3 is 0 Å². The number of aryl methyl sites for hydroxylation is 1. The molecule has 6 heteroatoms. The fourth-order valence-electron chi connectivity index (χ4n) is 3.54. The Kier molecular flexibility index (Phi) is 3.52. The highest BCUT2D eigenvalue weighted by atomic mass is 16.5. The van der Waals surface area contributed by atoms with Crippen molar-refractivity contribution < 1.29 is 9.53 Å². The van der Waals surface area contributed by atoms with Gasteiger partial charge in [-0.25, -0.2) is 0 Å². The molecule has 120 valence electrons. The van der Waals surface area contributed by atoms with Crippen molar-refractivity contribution in [2.75, 3.05) is 19.7 Å². The SMILES string of the molecule is Cn1cnnc1C1CCCN(C(=O)c2ccc3c(c2)CCO3)C1. The van der Waals surface area contributed by atoms with Gasteiger partial charge in [0.2, 0.25) is 0 Å². The maximum absolute atomic E-state index is 12.8. The first-order valence-electron chi connectivity index (χ1n) is 8.11. The minimum absolute atomic E-state index is 0.103. The van der Waals surface area contributed by atoms with Crippen molar-refractivity contribution in [3.05, 3.63) is 41.5 Å². The summed E-state index contributed by atoms with van der Waals surface area (Å²) < 4.78 is 7.46. The quantitative estimate of drug-likeness (QED) is 0.848. The van der Waals surface area contributed by atoms with Crippen molar-refractivity contribution in [3.8, 4) is 5.75 Å². The zero-order chi connectivity index (χ0) is 15.8. The van der Waals surface area contributed by atoms with E-state index in [1.54, 1.807) is 6.33 Å². The number of fused-ring (bicyclic) bond motifs is 1. The molecule has 1 saturated heterocycles. The van der Waals surface area contributed by atoms with Crippen molar-refractivity contribution in [1.82, 2.24) is 19.7 Å². The number of piperidine rings is 1. The normalized spacial score (nSPS) is 20.2. The number of hydrogen-bond acceptors (Lipinski definition) is 4. The Balaban J connectivity index is 1.53. The Hall–Kier alpha value is -2.37. The molecule has 1 unspecified atom stereocenters. The molecule has 4 rings (SSSR count). The summed E-state index contributed by atoms with van der Waals surface area (Å²) in [5, 5.41) is 8.17. The number of ether oxygens (including phenoxy) is 1. The van der Waals surface area contributed by atoms with E-state index in [-0.39, 0.29) is 11.8 Å². The number of carbonyl (C=O) groups excluding carboxylic acids is 1. The number of benzene rings is 1. The molecule has 1 atom stereocenters. The summed E-state index contributed by atoms with van der Waals surface area (Å²) in [6.07, 6.45) is 4.65. The van der Waals surface area contributed by atoms with Crippen LogP contribution in [0.1, 0.15) is 40.5 Å². The van der Waals surface area contributed by atoms with Crippen molar-refractivity contribution in [3.63, 3.8) is 0 Å². The van der Waals surface area contributed by atoms with E-state index >= 15 is 0 Å². The van der Waals surface area contributed by atoms with Gasteiger partial charge in [-0.3, -0.25) is 4.79 Å². The molecule has 0 aliphatic carbocycles. The van der Waals surface area contributed by atoms with Crippen molar-refractivity contribution in [2.24, 2.45) is 7.05 Å². The lowest BCUT2D eigenvalue weighted by atomic mass is 9.96. The van der Waals surface area contributed by atoms with Gasteiger partial charge < -0.3 is 14.2 Å². The van der Waals surface area contributed by atoms with Gasteiger partial charge in [-0.2, -0.15) is 0 Å². The van der Waals surface area contributed by atoms with E-state index < -0.39 is 0 Å². The van der Waals surface area contributed by atoms with Gasteiger partial charge in [0.15, 0.2) is 0 Å². The summed E-state index contributed by atoms with van der Waals surface area (Å²) >= 11 is 0. The second-order valence-electron chi connectivity index (χ2n) is 6.31. The number of aromatic nitrogens is 3. The smallest absolute Gasteiger partial charge is 0.253 e. The fraction of sp³-hybridized carbons (Fsp3) is 0.471. The van der Waals surface area contributed by atoms with Gasteiger partial charge in [-0.1, -0.05) is 0 Å². The average molecular weight is 312 g/mol. The van der Waals surface area contributed by atoms with Crippen LogP contribution in [0.3, 0.4) is 0 Å². The molecule has 2 aromatic rings. The monoisotopic (exact) mass is 312 g/mol. The summed E-state index contributed by atoms with van der Waals surface area (Å²) in [6.45, 7) is 2.23. The van der Waals surface area contributed by atoms with E-state index in [1.165, 1.54) is 0 Å². The predicted octanol–water partition coefficient (Wildman–Crippen LogP) is 1.77. The molecular weight excluding hydrogens is 292 g/mol. The van der Waals surface area contributed by atoms with Crippen LogP contribution < -0.4 is 4.74 Å². The standard InChI is InChI=1S/C17H20N4O2/c1-20-11-18-19-16(20)14-3-2-7-21(10-14)17(22)13-4-5-15-12(9-13)6-8-23-15/h4-5,9,11,14H,2-3,6-8,10H2,1H3. The number of carbonyl (C=O) groups is 1. The van der Waals surface area contributed by atoms with Gasteiger partial charge in [-0.15, -0.1) is 10.2 Å². The third-order valence-corrected chi connectivity index (χ3v) is 4.76. The molecule has 0 radical (unpaired) electrons. The lowest BCUT2D eigenvalue weighted by Gasteiger charge is -2.32. The summed E-state index contributed by atoms with van der Waals surface area (Å²) in [7, 11) is 1.95. The molecule has 1 aromatic carbocycles. The largest absolute Gasteiger partial charge is 0.493 e. The van der Waals surface area contributed by atoms with Crippen molar-refractivity contribution in [2.45, 2.75) is 25.2 Å². The third-order valence-electron chi connectivity index (χ3n) is 4.76. The highest BCUT2D eigenvalue weighted by Gasteiger charge is 2.28. The van der Waals surface area contributed by atoms with Gasteiger partial charge in [0, 0.05) is 38.0 Å². The second-order valence-corrected chi connectivity index (χ2v) is 6.31. The van der Waals surface area contributed by atoms with Crippen LogP contribution in [0.5, 0.6) is 5.75 Å². The van der Waals surface area contributed by atoms with E-state index in [0.29, 0.717) is 13.2 Å². The van der Waals surface area contributed by atoms with Crippen LogP contribution in [0.15, 0.2) is 24.5 Å². The van der Waals surface area contributed by atoms with Crippen LogP contribution in [0, 0.1) is 0 Å². The molecule has 1 fully saturated rings. The average Bonchev–Trinajstić information content (AvgIpc) is 3.22. The molecule has 1 aromatic heterocycles. The molecule has 1 amide bonds. The summed E-state index contributed by atoms with van der Waals surface area (Å²) in [6, 6.07) is 5.77. The molecule has 0 bridgehead atoms. The van der Waals surface area contributed by atoms with E-state index in [0.717, 1.165) is 48.5 Å². The molecule has 2 aliphatic rings. The summed E-state index contributed by atoms with van der Waals surface area (Å²) in [5.74, 6) is 2.24. The van der Waals surface area contributed by atoms with Gasteiger partial charge in [0.25, 0.3) is 5.91 Å². The zero-order valence-corrected chi connectivity index (χ0v) is 13.2. The molecule has 0 N–H and O–H groups in total. The van der Waals surface area contributed by atoms with Crippen LogP contribution in [-0.4, -0.2) is 45.3 Å². The second kappa shape index (κ2) is 5.68. The number of likely N-dealkylation sites (tertiary alicyclic amines) is 1. The maximum atomic E-state index is 12.8. The first-order chi connectivity index (χ1) is 11.2. The number of nitrogens with zero attached hydrogens (tertiary/aromatic N) is 4. The molecule has 23 heavy (non-hydrogen) atoms. The number of amides is 1. The van der Waals surface area contributed by atoms with Gasteiger partial charge in [0.1, 0.15) is 17.9 Å². The first-order valence-corrected chi connectivity index (χ1v) is 8.11. The zero-order valence-electron chi connectivity index (χ0n) is 13.2. The van der Waals surface area contributed by atoms with Crippen LogP contribution in [0.2, 0.25) is 0 Å². The van der Waals surface area contributed by atoms with Crippen molar-refractivity contribution in [1.29, 1.82) is 0 Å². The summed E-state index contributed by atoms with van der Waals surface area (Å²) in [5.41, 5.74) is 1.89. The Labute approximate surface area is 135 Å². The highest BCUT2D eigenvalue weighted by molar-refractivity contribution is 5.94. The van der Waals surface area contributed by atoms with Crippen LogP contribution >= 0.6 is 0 Å². The maximum Gasteiger partial charge on any atom is 0.253 e. The minimum Gasteiger partial charge on any atom is -0.493 e. The Bertz CT molecular complexity index is 740. The molecule has 0 spiro atoms. The summed E-state index contributed by atoms with van der Waals surface area (Å²) in [4.78, 5) is 14.8. The topological polar surface area (TPSA) is 60.2 Å². The van der Waals surface area contributed by atoms with Crippen LogP contribution in [0.4, 0.5) is 0 Å². The van der Waals surface area contributed by atoms with Crippen LogP contribution in [0.25, 0.3) is 0 Å². The van der Waals surface area contributed by atoms with Gasteiger partial charge in [0.05, 0.1) is 6.61 Å². The number of rotatable bonds is 2. The van der Waals surface area contributed by atoms with Crippen LogP contribution in [-0.2, 0) is 13.5 Å². The van der Waals surface area contributed by atoms with E-state index in [9.17, 15) is 4.79 Å². The minimum atomic E-state index is 0.103. The number of hydrogen-bond donors (Lipinski definition) is 0. The van der Waals surface area contributed by atoms with E-state index in [2.05, 4.69) is 10.2 Å². The Morgan fingerprint density at radius 3 is 3.13 bits per heavy atom. The van der Waals surface area contributed by atoms with Crippen molar-refractivity contribution >= 4 is 5.91 Å². The fourth-order valence-corrected chi connectivity index (χ4v) is 3.54. The highest BCUT2D eigenvalue weighted by Crippen LogP contribution is 2.29. The predicted molar refractivity (Wildman–Crippen MR) is 84.5 cm³/mol. The lowest BCUT2D eigenvalue weighted by Crippen LogP contribution is -2.39. The van der Waals surface area contributed by atoms with E-state index in [1.807, 2.05) is 34.7 Å². The molecular formula is C17H20N4O2. The molecule has 3 heterocycles. The Morgan fingerprint density at radius 2 is 2.30 bits per heavy atom. The van der Waals surface area contributed by atoms with Gasteiger partial charge in [-0.05, 0) is 36.6 Å². The van der Waals surface area contributed by atoms with E-state index in [4.69, 9.17) is 4.74 Å².